The lowest BCUT2D eigenvalue weighted by atomic mass is 9.90. The van der Waals surface area contributed by atoms with Gasteiger partial charge in [-0.15, -0.1) is 0 Å². The Bertz CT molecular complexity index is 1320. The summed E-state index contributed by atoms with van der Waals surface area (Å²) in [6.45, 7) is 5.74. The van der Waals surface area contributed by atoms with Crippen molar-refractivity contribution in [3.05, 3.63) is 93.8 Å². The summed E-state index contributed by atoms with van der Waals surface area (Å²) in [5.74, 6) is -0.116. The van der Waals surface area contributed by atoms with Crippen LogP contribution in [-0.4, -0.2) is 50.5 Å². The Labute approximate surface area is 204 Å². The molecule has 0 saturated carbocycles. The first-order valence-electron chi connectivity index (χ1n) is 12.3. The van der Waals surface area contributed by atoms with E-state index >= 15 is 0 Å². The Morgan fingerprint density at radius 3 is 2.83 bits per heavy atom. The Balaban J connectivity index is 1.21. The number of aliphatic imine (C=N–C) groups is 1. The summed E-state index contributed by atoms with van der Waals surface area (Å²) in [5.41, 5.74) is 8.69. The minimum absolute atomic E-state index is 0.175. The first-order chi connectivity index (χ1) is 17.0. The molecule has 0 spiro atoms. The van der Waals surface area contributed by atoms with Gasteiger partial charge in [-0.3, -0.25) is 24.7 Å². The molecule has 0 radical (unpaired) electrons. The van der Waals surface area contributed by atoms with E-state index < -0.39 is 0 Å². The van der Waals surface area contributed by atoms with Crippen molar-refractivity contribution in [2.45, 2.75) is 51.9 Å². The van der Waals surface area contributed by atoms with Crippen molar-refractivity contribution >= 4 is 11.6 Å². The molecule has 0 N–H and O–H groups in total. The van der Waals surface area contributed by atoms with Gasteiger partial charge in [-0.25, -0.2) is 4.39 Å². The second-order valence-corrected chi connectivity index (χ2v) is 9.83. The predicted octanol–water partition coefficient (Wildman–Crippen LogP) is 3.82. The van der Waals surface area contributed by atoms with Crippen LogP contribution in [0.4, 0.5) is 4.39 Å². The first-order valence-corrected chi connectivity index (χ1v) is 12.3. The average Bonchev–Trinajstić information content (AvgIpc) is 3.26. The van der Waals surface area contributed by atoms with E-state index in [9.17, 15) is 9.18 Å². The summed E-state index contributed by atoms with van der Waals surface area (Å²) in [6.07, 6.45) is 5.58. The third-order valence-corrected chi connectivity index (χ3v) is 7.36. The summed E-state index contributed by atoms with van der Waals surface area (Å²) in [5, 5.41) is 0. The second kappa shape index (κ2) is 8.96. The molecule has 1 atom stereocenters. The predicted molar refractivity (Wildman–Crippen MR) is 132 cm³/mol. The number of aromatic nitrogens is 2. The van der Waals surface area contributed by atoms with Crippen LogP contribution in [0.3, 0.4) is 0 Å². The molecule has 1 amide bonds. The van der Waals surface area contributed by atoms with Gasteiger partial charge in [0.25, 0.3) is 0 Å². The van der Waals surface area contributed by atoms with Crippen LogP contribution in [0.1, 0.15) is 52.0 Å². The number of carbonyl (C=O) groups is 1. The van der Waals surface area contributed by atoms with Crippen LogP contribution in [0.5, 0.6) is 0 Å². The lowest BCUT2D eigenvalue weighted by Crippen LogP contribution is -2.51. The standard InChI is InChI=1S/C28H28FN5O/c1-18-9-19(6-7-30-18)28-26-11-22-15-34(27(35)12-20(22)10-21(26)13-32-28)25-3-2-8-33(17-25)16-24-5-4-23(29)14-31-24/h4-7,9-11,14,25H,2-3,8,12-13,15-17H2,1H3/t25-/m1/s1. The maximum atomic E-state index is 13.2. The summed E-state index contributed by atoms with van der Waals surface area (Å²) in [7, 11) is 0. The second-order valence-electron chi connectivity index (χ2n) is 9.83. The molecule has 0 bridgehead atoms. The third-order valence-electron chi connectivity index (χ3n) is 7.36. The van der Waals surface area contributed by atoms with Gasteiger partial charge in [-0.1, -0.05) is 6.07 Å². The van der Waals surface area contributed by atoms with Crippen molar-refractivity contribution in [1.82, 2.24) is 19.8 Å². The fourth-order valence-corrected chi connectivity index (χ4v) is 5.62. The Hall–Kier alpha value is -3.45. The van der Waals surface area contributed by atoms with Crippen molar-refractivity contribution in [3.8, 4) is 0 Å². The minimum atomic E-state index is -0.318. The number of hydrogen-bond acceptors (Lipinski definition) is 5. The Morgan fingerprint density at radius 1 is 1.09 bits per heavy atom. The Morgan fingerprint density at radius 2 is 2.00 bits per heavy atom. The summed E-state index contributed by atoms with van der Waals surface area (Å²) >= 11 is 0. The van der Waals surface area contributed by atoms with Crippen LogP contribution >= 0.6 is 0 Å². The maximum absolute atomic E-state index is 13.2. The number of aryl methyl sites for hydroxylation is 1. The van der Waals surface area contributed by atoms with Crippen molar-refractivity contribution in [2.24, 2.45) is 4.99 Å². The van der Waals surface area contributed by atoms with Gasteiger partial charge in [0.1, 0.15) is 5.82 Å². The molecule has 178 valence electrons. The molecule has 2 aromatic heterocycles. The number of rotatable bonds is 4. The number of nitrogens with zero attached hydrogens (tertiary/aromatic N) is 5. The number of piperidine rings is 1. The van der Waals surface area contributed by atoms with Crippen LogP contribution in [0, 0.1) is 12.7 Å². The monoisotopic (exact) mass is 469 g/mol. The molecule has 3 aliphatic rings. The summed E-state index contributed by atoms with van der Waals surface area (Å²) < 4.78 is 13.2. The number of halogens is 1. The first kappa shape index (κ1) is 22.0. The van der Waals surface area contributed by atoms with E-state index in [1.54, 1.807) is 6.07 Å². The van der Waals surface area contributed by atoms with E-state index in [0.29, 0.717) is 26.1 Å². The third kappa shape index (κ3) is 4.36. The molecule has 5 heterocycles. The van der Waals surface area contributed by atoms with Gasteiger partial charge in [0.2, 0.25) is 5.91 Å². The van der Waals surface area contributed by atoms with E-state index in [-0.39, 0.29) is 17.8 Å². The smallest absolute Gasteiger partial charge is 0.227 e. The normalized spacial score (nSPS) is 19.9. The van der Waals surface area contributed by atoms with E-state index in [1.807, 2.05) is 19.2 Å². The molecule has 0 unspecified atom stereocenters. The number of hydrogen-bond donors (Lipinski definition) is 0. The molecular weight excluding hydrogens is 441 g/mol. The molecule has 1 fully saturated rings. The number of likely N-dealkylation sites (tertiary alicyclic amines) is 1. The quantitative estimate of drug-likeness (QED) is 0.583. The highest BCUT2D eigenvalue weighted by molar-refractivity contribution is 6.15. The van der Waals surface area contributed by atoms with E-state index in [1.165, 1.54) is 29.0 Å². The zero-order valence-corrected chi connectivity index (χ0v) is 19.9. The number of carbonyl (C=O) groups excluding carboxylic acids is 1. The van der Waals surface area contributed by atoms with Crippen molar-refractivity contribution in [2.75, 3.05) is 13.1 Å². The minimum Gasteiger partial charge on any atom is -0.334 e. The van der Waals surface area contributed by atoms with Gasteiger partial charge < -0.3 is 4.90 Å². The molecule has 7 heteroatoms. The maximum Gasteiger partial charge on any atom is 0.227 e. The van der Waals surface area contributed by atoms with Gasteiger partial charge in [-0.05, 0) is 73.3 Å². The molecule has 0 aliphatic carbocycles. The van der Waals surface area contributed by atoms with E-state index in [4.69, 9.17) is 4.99 Å². The van der Waals surface area contributed by atoms with Crippen molar-refractivity contribution in [3.63, 3.8) is 0 Å². The molecule has 1 aromatic carbocycles. The van der Waals surface area contributed by atoms with Crippen molar-refractivity contribution in [1.29, 1.82) is 0 Å². The molecule has 6 nitrogen and oxygen atoms in total. The highest BCUT2D eigenvalue weighted by Crippen LogP contribution is 2.32. The van der Waals surface area contributed by atoms with Gasteiger partial charge in [0.15, 0.2) is 0 Å². The zero-order valence-electron chi connectivity index (χ0n) is 19.9. The van der Waals surface area contributed by atoms with Gasteiger partial charge in [-0.2, -0.15) is 0 Å². The molecule has 3 aromatic rings. The number of amides is 1. The fraction of sp³-hybridized carbons (Fsp3) is 0.357. The largest absolute Gasteiger partial charge is 0.334 e. The van der Waals surface area contributed by atoms with Gasteiger partial charge in [0.05, 0.1) is 30.6 Å². The zero-order chi connectivity index (χ0) is 23.9. The van der Waals surface area contributed by atoms with Crippen LogP contribution in [0.25, 0.3) is 0 Å². The lowest BCUT2D eigenvalue weighted by Gasteiger charge is -2.41. The molecular formula is C28H28FN5O. The van der Waals surface area contributed by atoms with E-state index in [2.05, 4.69) is 38.0 Å². The Kier molecular flexibility index (Phi) is 5.65. The molecule has 3 aliphatic heterocycles. The number of pyridine rings is 2. The SMILES string of the molecule is Cc1cc(C2=NCc3cc4c(cc32)CN([C@@H]2CCCN(Cc3ccc(F)cn3)C2)C(=O)C4)ccn1. The number of fused-ring (bicyclic) bond motifs is 2. The average molecular weight is 470 g/mol. The fourth-order valence-electron chi connectivity index (χ4n) is 5.62. The molecule has 6 rings (SSSR count). The number of benzene rings is 1. The van der Waals surface area contributed by atoms with Crippen LogP contribution in [0.2, 0.25) is 0 Å². The lowest BCUT2D eigenvalue weighted by molar-refractivity contribution is -0.135. The van der Waals surface area contributed by atoms with Crippen LogP contribution in [0.15, 0.2) is 53.8 Å². The summed E-state index contributed by atoms with van der Waals surface area (Å²) in [6, 6.07) is 11.9. The van der Waals surface area contributed by atoms with Gasteiger partial charge in [0, 0.05) is 48.7 Å². The van der Waals surface area contributed by atoms with E-state index in [0.717, 1.165) is 54.2 Å². The highest BCUT2D eigenvalue weighted by atomic mass is 19.1. The van der Waals surface area contributed by atoms with Crippen LogP contribution in [-0.2, 0) is 30.8 Å². The van der Waals surface area contributed by atoms with Crippen molar-refractivity contribution < 1.29 is 9.18 Å². The summed E-state index contributed by atoms with van der Waals surface area (Å²) in [4.78, 5) is 31.0. The topological polar surface area (TPSA) is 61.7 Å². The van der Waals surface area contributed by atoms with Crippen LogP contribution < -0.4 is 0 Å². The van der Waals surface area contributed by atoms with Gasteiger partial charge >= 0.3 is 0 Å². The highest BCUT2D eigenvalue weighted by Gasteiger charge is 2.33. The molecule has 35 heavy (non-hydrogen) atoms. The molecule has 1 saturated heterocycles.